The molecule has 0 aliphatic carbocycles. The molecule has 0 atom stereocenters. The third-order valence-electron chi connectivity index (χ3n) is 1.68. The van der Waals surface area contributed by atoms with E-state index in [-0.39, 0.29) is 5.95 Å². The summed E-state index contributed by atoms with van der Waals surface area (Å²) < 4.78 is 1.44. The molecule has 2 aromatic heterocycles. The first-order valence-electron chi connectivity index (χ1n) is 3.65. The van der Waals surface area contributed by atoms with Gasteiger partial charge in [-0.15, -0.1) is 5.10 Å². The van der Waals surface area contributed by atoms with Gasteiger partial charge in [-0.05, 0) is 12.5 Å². The Bertz CT molecular complexity index is 475. The van der Waals surface area contributed by atoms with Gasteiger partial charge in [0.2, 0.25) is 5.95 Å². The fourth-order valence-corrected chi connectivity index (χ4v) is 1.06. The Hall–Kier alpha value is -1.98. The standard InChI is InChI=1S/C7H7N5O/c1-4-2-12-7(9-5(4)3-13)10-6(8)11-12/h2-3H,1H3,(H2,8,11). The van der Waals surface area contributed by atoms with E-state index in [2.05, 4.69) is 15.1 Å². The number of hydrogen-bond acceptors (Lipinski definition) is 5. The fraction of sp³-hybridized carbons (Fsp3) is 0.143. The van der Waals surface area contributed by atoms with E-state index in [1.807, 2.05) is 0 Å². The number of hydrogen-bond donors (Lipinski definition) is 1. The second-order valence-corrected chi connectivity index (χ2v) is 2.64. The Morgan fingerprint density at radius 3 is 3.00 bits per heavy atom. The molecule has 66 valence electrons. The van der Waals surface area contributed by atoms with Crippen molar-refractivity contribution in [3.63, 3.8) is 0 Å². The zero-order chi connectivity index (χ0) is 9.42. The molecule has 0 amide bonds. The molecular weight excluding hydrogens is 170 g/mol. The predicted octanol–water partition coefficient (Wildman–Crippen LogP) is -0.173. The lowest BCUT2D eigenvalue weighted by Gasteiger charge is -1.96. The second-order valence-electron chi connectivity index (χ2n) is 2.64. The number of nitrogens with zero attached hydrogens (tertiary/aromatic N) is 4. The summed E-state index contributed by atoms with van der Waals surface area (Å²) >= 11 is 0. The van der Waals surface area contributed by atoms with Crippen molar-refractivity contribution in [2.45, 2.75) is 6.92 Å². The van der Waals surface area contributed by atoms with Crippen LogP contribution in [0.3, 0.4) is 0 Å². The van der Waals surface area contributed by atoms with Crippen LogP contribution in [0.2, 0.25) is 0 Å². The van der Waals surface area contributed by atoms with Crippen LogP contribution in [0.1, 0.15) is 16.1 Å². The van der Waals surface area contributed by atoms with Crippen LogP contribution in [0.25, 0.3) is 5.78 Å². The maximum absolute atomic E-state index is 10.5. The molecule has 2 heterocycles. The summed E-state index contributed by atoms with van der Waals surface area (Å²) in [4.78, 5) is 18.3. The van der Waals surface area contributed by atoms with Crippen LogP contribution in [0.4, 0.5) is 5.95 Å². The molecule has 0 unspecified atom stereocenters. The smallest absolute Gasteiger partial charge is 0.254 e. The normalized spacial score (nSPS) is 10.5. The topological polar surface area (TPSA) is 86.2 Å². The molecule has 6 heteroatoms. The first-order valence-corrected chi connectivity index (χ1v) is 3.65. The molecule has 13 heavy (non-hydrogen) atoms. The fourth-order valence-electron chi connectivity index (χ4n) is 1.06. The number of carbonyl (C=O) groups is 1. The highest BCUT2D eigenvalue weighted by Crippen LogP contribution is 2.05. The van der Waals surface area contributed by atoms with Gasteiger partial charge in [-0.3, -0.25) is 4.79 Å². The summed E-state index contributed by atoms with van der Waals surface area (Å²) in [6.45, 7) is 1.77. The first kappa shape index (κ1) is 7.66. The van der Waals surface area contributed by atoms with Gasteiger partial charge in [-0.25, -0.2) is 9.50 Å². The molecule has 0 aromatic carbocycles. The summed E-state index contributed by atoms with van der Waals surface area (Å²) in [7, 11) is 0. The molecular formula is C7H7N5O. The summed E-state index contributed by atoms with van der Waals surface area (Å²) in [5.74, 6) is 0.486. The molecule has 0 saturated carbocycles. The number of fused-ring (bicyclic) bond motifs is 1. The molecule has 0 bridgehead atoms. The van der Waals surface area contributed by atoms with E-state index in [0.29, 0.717) is 17.8 Å². The van der Waals surface area contributed by atoms with E-state index in [9.17, 15) is 4.79 Å². The Labute approximate surface area is 73.4 Å². The van der Waals surface area contributed by atoms with Crippen LogP contribution >= 0.6 is 0 Å². The Morgan fingerprint density at radius 2 is 2.31 bits per heavy atom. The van der Waals surface area contributed by atoms with Gasteiger partial charge in [-0.1, -0.05) is 0 Å². The Morgan fingerprint density at radius 1 is 1.54 bits per heavy atom. The molecule has 2 aromatic rings. The van der Waals surface area contributed by atoms with Gasteiger partial charge in [0, 0.05) is 6.20 Å². The van der Waals surface area contributed by atoms with E-state index >= 15 is 0 Å². The average molecular weight is 177 g/mol. The van der Waals surface area contributed by atoms with Crippen molar-refractivity contribution in [3.8, 4) is 0 Å². The molecule has 0 aliphatic heterocycles. The summed E-state index contributed by atoms with van der Waals surface area (Å²) in [6.07, 6.45) is 2.34. The lowest BCUT2D eigenvalue weighted by molar-refractivity contribution is 0.111. The minimum atomic E-state index is 0.148. The third-order valence-corrected chi connectivity index (χ3v) is 1.68. The zero-order valence-corrected chi connectivity index (χ0v) is 6.93. The predicted molar refractivity (Wildman–Crippen MR) is 45.3 cm³/mol. The van der Waals surface area contributed by atoms with Crippen molar-refractivity contribution in [2.24, 2.45) is 0 Å². The minimum absolute atomic E-state index is 0.148. The number of nitrogens with two attached hydrogens (primary N) is 1. The van der Waals surface area contributed by atoms with Crippen LogP contribution in [0.15, 0.2) is 6.20 Å². The van der Waals surface area contributed by atoms with Crippen molar-refractivity contribution in [2.75, 3.05) is 5.73 Å². The lowest BCUT2D eigenvalue weighted by atomic mass is 10.3. The van der Waals surface area contributed by atoms with Crippen molar-refractivity contribution in [1.82, 2.24) is 19.6 Å². The monoisotopic (exact) mass is 177 g/mol. The number of aromatic nitrogens is 4. The maximum atomic E-state index is 10.5. The van der Waals surface area contributed by atoms with E-state index < -0.39 is 0 Å². The number of anilines is 1. The van der Waals surface area contributed by atoms with E-state index in [4.69, 9.17) is 5.73 Å². The number of rotatable bonds is 1. The van der Waals surface area contributed by atoms with Gasteiger partial charge in [0.1, 0.15) is 5.69 Å². The van der Waals surface area contributed by atoms with Gasteiger partial charge < -0.3 is 5.73 Å². The maximum Gasteiger partial charge on any atom is 0.254 e. The van der Waals surface area contributed by atoms with Crippen molar-refractivity contribution in [3.05, 3.63) is 17.5 Å². The highest BCUT2D eigenvalue weighted by atomic mass is 16.1. The van der Waals surface area contributed by atoms with Crippen LogP contribution in [-0.4, -0.2) is 25.9 Å². The highest BCUT2D eigenvalue weighted by molar-refractivity contribution is 5.74. The SMILES string of the molecule is Cc1cn2nc(N)nc2nc1C=O. The average Bonchev–Trinajstić information content (AvgIpc) is 2.42. The van der Waals surface area contributed by atoms with E-state index in [1.165, 1.54) is 4.52 Å². The van der Waals surface area contributed by atoms with Gasteiger partial charge in [-0.2, -0.15) is 4.98 Å². The van der Waals surface area contributed by atoms with Crippen LogP contribution in [-0.2, 0) is 0 Å². The zero-order valence-electron chi connectivity index (χ0n) is 6.93. The van der Waals surface area contributed by atoms with Crippen LogP contribution < -0.4 is 5.73 Å². The number of nitrogen functional groups attached to an aromatic ring is 1. The second kappa shape index (κ2) is 2.51. The molecule has 2 rings (SSSR count). The Balaban J connectivity index is 2.79. The largest absolute Gasteiger partial charge is 0.366 e. The molecule has 0 aliphatic rings. The molecule has 0 saturated heterocycles. The quantitative estimate of drug-likeness (QED) is 0.611. The molecule has 2 N–H and O–H groups in total. The molecule has 0 spiro atoms. The van der Waals surface area contributed by atoms with E-state index in [0.717, 1.165) is 5.56 Å². The van der Waals surface area contributed by atoms with Gasteiger partial charge in [0.05, 0.1) is 0 Å². The third kappa shape index (κ3) is 1.12. The van der Waals surface area contributed by atoms with Gasteiger partial charge in [0.25, 0.3) is 5.78 Å². The summed E-state index contributed by atoms with van der Waals surface area (Å²) in [5.41, 5.74) is 6.46. The lowest BCUT2D eigenvalue weighted by Crippen LogP contribution is -1.98. The first-order chi connectivity index (χ1) is 6.20. The minimum Gasteiger partial charge on any atom is -0.366 e. The summed E-state index contributed by atoms with van der Waals surface area (Å²) in [6, 6.07) is 0. The molecule has 6 nitrogen and oxygen atoms in total. The van der Waals surface area contributed by atoms with Gasteiger partial charge in [0.15, 0.2) is 6.29 Å². The molecule has 0 radical (unpaired) electrons. The highest BCUT2D eigenvalue weighted by Gasteiger charge is 2.05. The van der Waals surface area contributed by atoms with Crippen LogP contribution in [0, 0.1) is 6.92 Å². The molecule has 0 fully saturated rings. The summed E-state index contributed by atoms with van der Waals surface area (Å²) in [5, 5.41) is 3.85. The van der Waals surface area contributed by atoms with Crippen molar-refractivity contribution >= 4 is 18.0 Å². The number of aldehydes is 1. The van der Waals surface area contributed by atoms with Crippen molar-refractivity contribution < 1.29 is 4.79 Å². The Kier molecular flexibility index (Phi) is 1.48. The van der Waals surface area contributed by atoms with Crippen molar-refractivity contribution in [1.29, 1.82) is 0 Å². The van der Waals surface area contributed by atoms with Gasteiger partial charge >= 0.3 is 0 Å². The van der Waals surface area contributed by atoms with E-state index in [1.54, 1.807) is 13.1 Å². The number of aryl methyl sites for hydroxylation is 1. The van der Waals surface area contributed by atoms with Crippen LogP contribution in [0.5, 0.6) is 0 Å². The number of carbonyl (C=O) groups excluding carboxylic acids is 1.